The van der Waals surface area contributed by atoms with Crippen LogP contribution in [-0.2, 0) is 5.41 Å². The Labute approximate surface area is 347 Å². The minimum absolute atomic E-state index is 0.190. The molecular formula is C59H38O. The molecule has 0 radical (unpaired) electrons. The van der Waals surface area contributed by atoms with Crippen molar-refractivity contribution < 1.29 is 4.42 Å². The van der Waals surface area contributed by atoms with Crippen LogP contribution in [-0.4, -0.2) is 0 Å². The molecule has 1 aliphatic rings. The number of hydrogen-bond acceptors (Lipinski definition) is 1. The van der Waals surface area contributed by atoms with E-state index in [1.54, 1.807) is 0 Å². The van der Waals surface area contributed by atoms with Crippen molar-refractivity contribution in [2.24, 2.45) is 0 Å². The molecule has 0 aliphatic heterocycles. The SMILES string of the molecule is CC1(C)c2ccc(-c3cc4ccccc4c4c3oc3ccc5ccccc5c34)cc2-c2ccc(-c3c4ccccc4c(-c4cccc5ccccc45)c4ccccc34)cc21. The second-order valence-electron chi connectivity index (χ2n) is 17.1. The minimum atomic E-state index is -0.190. The first-order valence-corrected chi connectivity index (χ1v) is 21.0. The molecule has 280 valence electrons. The van der Waals surface area contributed by atoms with Gasteiger partial charge in [0.1, 0.15) is 11.2 Å². The van der Waals surface area contributed by atoms with Gasteiger partial charge in [-0.05, 0) is 128 Å². The third-order valence-electron chi connectivity index (χ3n) is 13.6. The predicted octanol–water partition coefficient (Wildman–Crippen LogP) is 16.7. The predicted molar refractivity (Wildman–Crippen MR) is 255 cm³/mol. The van der Waals surface area contributed by atoms with Crippen LogP contribution in [0, 0.1) is 0 Å². The Morgan fingerprint density at radius 1 is 0.333 bits per heavy atom. The van der Waals surface area contributed by atoms with E-state index in [1.165, 1.54) is 115 Å². The molecule has 12 aromatic rings. The zero-order valence-electron chi connectivity index (χ0n) is 33.4. The van der Waals surface area contributed by atoms with Gasteiger partial charge in [-0.2, -0.15) is 0 Å². The van der Waals surface area contributed by atoms with Crippen molar-refractivity contribution >= 4 is 75.8 Å². The van der Waals surface area contributed by atoms with Crippen LogP contribution >= 0.6 is 0 Å². The first kappa shape index (κ1) is 33.5. The maximum Gasteiger partial charge on any atom is 0.143 e. The maximum atomic E-state index is 6.88. The van der Waals surface area contributed by atoms with Crippen LogP contribution in [0.1, 0.15) is 25.0 Å². The smallest absolute Gasteiger partial charge is 0.143 e. The molecule has 1 aliphatic carbocycles. The molecule has 0 amide bonds. The fourth-order valence-corrected chi connectivity index (χ4v) is 10.9. The first-order chi connectivity index (χ1) is 29.5. The Morgan fingerprint density at radius 2 is 0.900 bits per heavy atom. The summed E-state index contributed by atoms with van der Waals surface area (Å²) in [5, 5.41) is 14.9. The molecule has 0 spiro atoms. The van der Waals surface area contributed by atoms with E-state index in [4.69, 9.17) is 4.42 Å². The number of hydrogen-bond donors (Lipinski definition) is 0. The molecule has 0 N–H and O–H groups in total. The van der Waals surface area contributed by atoms with Crippen LogP contribution in [0.3, 0.4) is 0 Å². The normalized spacial score (nSPS) is 13.3. The average Bonchev–Trinajstić information content (AvgIpc) is 3.80. The number of benzene rings is 11. The van der Waals surface area contributed by atoms with E-state index < -0.39 is 0 Å². The van der Waals surface area contributed by atoms with Gasteiger partial charge in [-0.3, -0.25) is 0 Å². The highest BCUT2D eigenvalue weighted by Crippen LogP contribution is 2.53. The Bertz CT molecular complexity index is 3740. The summed E-state index contributed by atoms with van der Waals surface area (Å²) in [7, 11) is 0. The van der Waals surface area contributed by atoms with Gasteiger partial charge in [-0.1, -0.05) is 184 Å². The minimum Gasteiger partial charge on any atom is -0.455 e. The van der Waals surface area contributed by atoms with Crippen molar-refractivity contribution in [1.82, 2.24) is 0 Å². The lowest BCUT2D eigenvalue weighted by Crippen LogP contribution is -2.15. The summed E-state index contributed by atoms with van der Waals surface area (Å²) >= 11 is 0. The van der Waals surface area contributed by atoms with Gasteiger partial charge in [0.25, 0.3) is 0 Å². The fourth-order valence-electron chi connectivity index (χ4n) is 10.9. The molecule has 0 saturated carbocycles. The third-order valence-corrected chi connectivity index (χ3v) is 13.6. The topological polar surface area (TPSA) is 13.1 Å². The summed E-state index contributed by atoms with van der Waals surface area (Å²) in [6.45, 7) is 4.78. The lowest BCUT2D eigenvalue weighted by Gasteiger charge is -2.23. The average molecular weight is 763 g/mol. The van der Waals surface area contributed by atoms with Crippen LogP contribution in [0.25, 0.3) is 120 Å². The van der Waals surface area contributed by atoms with Crippen LogP contribution in [0.15, 0.2) is 199 Å². The highest BCUT2D eigenvalue weighted by atomic mass is 16.3. The van der Waals surface area contributed by atoms with E-state index in [1.807, 2.05) is 0 Å². The van der Waals surface area contributed by atoms with E-state index in [2.05, 4.69) is 208 Å². The molecule has 1 nitrogen and oxygen atoms in total. The molecule has 0 bridgehead atoms. The van der Waals surface area contributed by atoms with Crippen molar-refractivity contribution in [3.8, 4) is 44.5 Å². The van der Waals surface area contributed by atoms with Gasteiger partial charge in [0.15, 0.2) is 0 Å². The zero-order chi connectivity index (χ0) is 39.7. The summed E-state index contributed by atoms with van der Waals surface area (Å²) in [6, 6.07) is 71.8. The Balaban J connectivity index is 1.01. The van der Waals surface area contributed by atoms with Gasteiger partial charge in [-0.25, -0.2) is 0 Å². The third kappa shape index (κ3) is 4.58. The van der Waals surface area contributed by atoms with Crippen LogP contribution in [0.4, 0.5) is 0 Å². The molecule has 11 aromatic carbocycles. The molecule has 0 saturated heterocycles. The summed E-state index contributed by atoms with van der Waals surface area (Å²) in [5.74, 6) is 0. The van der Waals surface area contributed by atoms with Gasteiger partial charge < -0.3 is 4.42 Å². The second kappa shape index (κ2) is 12.3. The van der Waals surface area contributed by atoms with Crippen molar-refractivity contribution in [2.75, 3.05) is 0 Å². The van der Waals surface area contributed by atoms with Crippen LogP contribution in [0.2, 0.25) is 0 Å². The molecule has 0 fully saturated rings. The first-order valence-electron chi connectivity index (χ1n) is 21.0. The Kier molecular flexibility index (Phi) is 6.85. The van der Waals surface area contributed by atoms with Crippen molar-refractivity contribution in [3.05, 3.63) is 205 Å². The van der Waals surface area contributed by atoms with Crippen molar-refractivity contribution in [2.45, 2.75) is 19.3 Å². The number of rotatable bonds is 3. The van der Waals surface area contributed by atoms with Crippen LogP contribution in [0.5, 0.6) is 0 Å². The summed E-state index contributed by atoms with van der Waals surface area (Å²) in [6.07, 6.45) is 0. The van der Waals surface area contributed by atoms with Gasteiger partial charge in [-0.15, -0.1) is 0 Å². The van der Waals surface area contributed by atoms with E-state index in [0.717, 1.165) is 16.7 Å². The lowest BCUT2D eigenvalue weighted by molar-refractivity contribution is 0.660. The Hall–Kier alpha value is -7.48. The van der Waals surface area contributed by atoms with Gasteiger partial charge in [0.05, 0.1) is 0 Å². The molecular weight excluding hydrogens is 725 g/mol. The van der Waals surface area contributed by atoms with Crippen molar-refractivity contribution in [3.63, 3.8) is 0 Å². The van der Waals surface area contributed by atoms with E-state index in [-0.39, 0.29) is 5.41 Å². The standard InChI is InChI=1S/C59H38O/c1-59(2)51-30-27-38(49-32-37-16-5-8-20-42(37)57-56-41-19-7-4-15-36(41)28-31-53(56)60-58(49)57)33-50(51)43-29-26-39(34-52(43)59)54-45-21-9-11-23-47(45)55(48-24-12-10-22-46(48)54)44-25-13-17-35-14-3-6-18-40(35)44/h3-34H,1-2H3. The highest BCUT2D eigenvalue weighted by molar-refractivity contribution is 6.29. The quantitative estimate of drug-likeness (QED) is 0.163. The molecule has 1 aromatic heterocycles. The van der Waals surface area contributed by atoms with Crippen molar-refractivity contribution in [1.29, 1.82) is 0 Å². The maximum absolute atomic E-state index is 6.88. The molecule has 0 unspecified atom stereocenters. The van der Waals surface area contributed by atoms with Gasteiger partial charge >= 0.3 is 0 Å². The van der Waals surface area contributed by atoms with E-state index in [0.29, 0.717) is 0 Å². The molecule has 60 heavy (non-hydrogen) atoms. The summed E-state index contributed by atoms with van der Waals surface area (Å²) < 4.78 is 6.88. The zero-order valence-corrected chi connectivity index (χ0v) is 33.4. The summed E-state index contributed by atoms with van der Waals surface area (Å²) in [4.78, 5) is 0. The molecule has 13 rings (SSSR count). The largest absolute Gasteiger partial charge is 0.455 e. The molecule has 1 heterocycles. The molecule has 0 atom stereocenters. The van der Waals surface area contributed by atoms with Gasteiger partial charge in [0, 0.05) is 21.8 Å². The van der Waals surface area contributed by atoms with Crippen LogP contribution < -0.4 is 0 Å². The number of fused-ring (bicyclic) bond motifs is 13. The Morgan fingerprint density at radius 3 is 1.62 bits per heavy atom. The summed E-state index contributed by atoms with van der Waals surface area (Å²) in [5.41, 5.74) is 14.4. The number of furan rings is 1. The highest BCUT2D eigenvalue weighted by Gasteiger charge is 2.36. The monoisotopic (exact) mass is 762 g/mol. The molecule has 1 heteroatoms. The van der Waals surface area contributed by atoms with E-state index in [9.17, 15) is 0 Å². The van der Waals surface area contributed by atoms with E-state index >= 15 is 0 Å². The lowest BCUT2D eigenvalue weighted by atomic mass is 9.80. The fraction of sp³-hybridized carbons (Fsp3) is 0.0508. The van der Waals surface area contributed by atoms with Gasteiger partial charge in [0.2, 0.25) is 0 Å². The second-order valence-corrected chi connectivity index (χ2v) is 17.1.